The molecule has 1 aromatic carbocycles. The zero-order valence-corrected chi connectivity index (χ0v) is 15.5. The quantitative estimate of drug-likeness (QED) is 0.841. The highest BCUT2D eigenvalue weighted by molar-refractivity contribution is 7.90. The zero-order chi connectivity index (χ0) is 18.0. The number of sulfonamides is 1. The second kappa shape index (κ2) is 7.15. The maximum atomic E-state index is 12.8. The van der Waals surface area contributed by atoms with Crippen LogP contribution in [-0.4, -0.2) is 32.2 Å². The first kappa shape index (κ1) is 17.9. The molecule has 2 atom stereocenters. The van der Waals surface area contributed by atoms with Crippen molar-refractivity contribution in [1.29, 1.82) is 0 Å². The van der Waals surface area contributed by atoms with Crippen LogP contribution >= 0.6 is 0 Å². The summed E-state index contributed by atoms with van der Waals surface area (Å²) >= 11 is 0. The molecule has 6 nitrogen and oxygen atoms in total. The van der Waals surface area contributed by atoms with Crippen molar-refractivity contribution in [1.82, 2.24) is 10.0 Å². The Hall–Kier alpha value is -1.89. The summed E-state index contributed by atoms with van der Waals surface area (Å²) in [4.78, 5) is 17.5. The highest BCUT2D eigenvalue weighted by atomic mass is 32.2. The van der Waals surface area contributed by atoms with Crippen molar-refractivity contribution < 1.29 is 13.2 Å². The van der Waals surface area contributed by atoms with Gasteiger partial charge < -0.3 is 5.32 Å². The number of carbonyl (C=O) groups is 1. The van der Waals surface area contributed by atoms with E-state index in [4.69, 9.17) is 0 Å². The van der Waals surface area contributed by atoms with Crippen LogP contribution in [0.2, 0.25) is 0 Å². The maximum absolute atomic E-state index is 12.8. The molecule has 136 valence electrons. The number of carbonyl (C=O) groups excluding carboxylic acids is 1. The lowest BCUT2D eigenvalue weighted by Gasteiger charge is -2.21. The van der Waals surface area contributed by atoms with E-state index in [0.29, 0.717) is 5.56 Å². The second-order valence-corrected chi connectivity index (χ2v) is 8.55. The highest BCUT2D eigenvalue weighted by Crippen LogP contribution is 2.24. The van der Waals surface area contributed by atoms with Crippen molar-refractivity contribution in [2.75, 3.05) is 0 Å². The Morgan fingerprint density at radius 1 is 1.32 bits per heavy atom. The number of aliphatic imine (C=N–C) groups is 1. The van der Waals surface area contributed by atoms with Crippen LogP contribution in [0.4, 0.5) is 0 Å². The highest BCUT2D eigenvalue weighted by Gasteiger charge is 2.33. The van der Waals surface area contributed by atoms with Crippen molar-refractivity contribution in [3.63, 3.8) is 0 Å². The lowest BCUT2D eigenvalue weighted by Crippen LogP contribution is -2.43. The Morgan fingerprint density at radius 2 is 2.00 bits per heavy atom. The molecule has 0 bridgehead atoms. The Kier molecular flexibility index (Phi) is 5.13. The molecule has 1 fully saturated rings. The van der Waals surface area contributed by atoms with Crippen molar-refractivity contribution in [2.24, 2.45) is 10.9 Å². The van der Waals surface area contributed by atoms with Gasteiger partial charge in [-0.05, 0) is 30.9 Å². The third-order valence-electron chi connectivity index (χ3n) is 5.08. The molecule has 7 heteroatoms. The fraction of sp³-hybridized carbons (Fsp3) is 0.556. The molecule has 0 radical (unpaired) electrons. The van der Waals surface area contributed by atoms with Gasteiger partial charge in [-0.1, -0.05) is 45.2 Å². The van der Waals surface area contributed by atoms with Gasteiger partial charge in [-0.2, -0.15) is 0 Å². The van der Waals surface area contributed by atoms with Gasteiger partial charge in [0.15, 0.2) is 0 Å². The SMILES string of the molecule is CC[C@H](C)[C@H](N=C1NS(=O)(=O)c2ccccc21)C(=O)NC1CCCC1. The molecule has 1 saturated carbocycles. The number of amidine groups is 1. The van der Waals surface area contributed by atoms with E-state index in [1.807, 2.05) is 13.8 Å². The van der Waals surface area contributed by atoms with Crippen LogP contribution in [0.3, 0.4) is 0 Å². The monoisotopic (exact) mass is 363 g/mol. The predicted molar refractivity (Wildman–Crippen MR) is 96.9 cm³/mol. The van der Waals surface area contributed by atoms with Gasteiger partial charge in [0.25, 0.3) is 10.0 Å². The van der Waals surface area contributed by atoms with E-state index in [1.165, 1.54) is 0 Å². The van der Waals surface area contributed by atoms with E-state index >= 15 is 0 Å². The van der Waals surface area contributed by atoms with E-state index in [0.717, 1.165) is 32.1 Å². The zero-order valence-electron chi connectivity index (χ0n) is 14.7. The minimum atomic E-state index is -3.59. The maximum Gasteiger partial charge on any atom is 0.263 e. The number of amides is 1. The number of rotatable bonds is 5. The minimum absolute atomic E-state index is 0.0196. The Bertz CT molecular complexity index is 783. The van der Waals surface area contributed by atoms with E-state index in [1.54, 1.807) is 24.3 Å². The number of nitrogens with one attached hydrogen (secondary N) is 2. The molecular formula is C18H25N3O3S. The van der Waals surface area contributed by atoms with Crippen LogP contribution in [-0.2, 0) is 14.8 Å². The molecule has 1 aromatic rings. The minimum Gasteiger partial charge on any atom is -0.352 e. The van der Waals surface area contributed by atoms with Gasteiger partial charge in [-0.3, -0.25) is 14.5 Å². The van der Waals surface area contributed by atoms with Gasteiger partial charge in [0.05, 0.1) is 4.90 Å². The Labute approximate surface area is 149 Å². The average molecular weight is 363 g/mol. The summed E-state index contributed by atoms with van der Waals surface area (Å²) in [5.41, 5.74) is 0.532. The summed E-state index contributed by atoms with van der Waals surface area (Å²) in [5.74, 6) is 0.172. The number of hydrogen-bond acceptors (Lipinski definition) is 4. The van der Waals surface area contributed by atoms with E-state index in [2.05, 4.69) is 15.0 Å². The number of fused-ring (bicyclic) bond motifs is 1. The van der Waals surface area contributed by atoms with Crippen LogP contribution < -0.4 is 10.0 Å². The molecule has 3 rings (SSSR count). The smallest absolute Gasteiger partial charge is 0.263 e. The summed E-state index contributed by atoms with van der Waals surface area (Å²) in [6, 6.07) is 6.33. The number of benzene rings is 1. The van der Waals surface area contributed by atoms with Gasteiger partial charge in [-0.15, -0.1) is 0 Å². The standard InChI is InChI=1S/C18H25N3O3S/c1-3-12(2)16(18(22)19-13-8-4-5-9-13)20-17-14-10-6-7-11-15(14)25(23,24)21-17/h6-7,10-13,16H,3-5,8-9H2,1-2H3,(H,19,22)(H,20,21)/t12-,16-/m0/s1. The molecule has 0 aromatic heterocycles. The number of hydrogen-bond donors (Lipinski definition) is 2. The second-order valence-electron chi connectivity index (χ2n) is 6.90. The van der Waals surface area contributed by atoms with Crippen LogP contribution in [0, 0.1) is 5.92 Å². The van der Waals surface area contributed by atoms with Crippen LogP contribution in [0.1, 0.15) is 51.5 Å². The molecule has 1 amide bonds. The van der Waals surface area contributed by atoms with Gasteiger partial charge in [-0.25, -0.2) is 8.42 Å². The van der Waals surface area contributed by atoms with Gasteiger partial charge in [0.1, 0.15) is 11.9 Å². The lowest BCUT2D eigenvalue weighted by atomic mass is 9.98. The van der Waals surface area contributed by atoms with Crippen molar-refractivity contribution >= 4 is 21.8 Å². The lowest BCUT2D eigenvalue weighted by molar-refractivity contribution is -0.124. The van der Waals surface area contributed by atoms with Gasteiger partial charge >= 0.3 is 0 Å². The normalized spacial score (nSPS) is 23.0. The van der Waals surface area contributed by atoms with Crippen LogP contribution in [0.25, 0.3) is 0 Å². The topological polar surface area (TPSA) is 87.6 Å². The fourth-order valence-electron chi connectivity index (χ4n) is 3.39. The van der Waals surface area contributed by atoms with E-state index in [-0.39, 0.29) is 28.6 Å². The molecule has 0 spiro atoms. The summed E-state index contributed by atoms with van der Waals surface area (Å²) in [6.07, 6.45) is 5.07. The average Bonchev–Trinajstić information content (AvgIpc) is 3.18. The van der Waals surface area contributed by atoms with Crippen LogP contribution in [0.15, 0.2) is 34.2 Å². The Balaban J connectivity index is 1.90. The fourth-order valence-corrected chi connectivity index (χ4v) is 4.63. The van der Waals surface area contributed by atoms with Crippen molar-refractivity contribution in [3.8, 4) is 0 Å². The summed E-state index contributed by atoms with van der Waals surface area (Å²) in [7, 11) is -3.59. The van der Waals surface area contributed by atoms with Crippen LogP contribution in [0.5, 0.6) is 0 Å². The predicted octanol–water partition coefficient (Wildman–Crippen LogP) is 2.20. The first-order chi connectivity index (χ1) is 11.9. The Morgan fingerprint density at radius 3 is 2.68 bits per heavy atom. The number of nitrogens with zero attached hydrogens (tertiary/aromatic N) is 1. The molecular weight excluding hydrogens is 338 g/mol. The molecule has 0 saturated heterocycles. The molecule has 1 aliphatic carbocycles. The first-order valence-electron chi connectivity index (χ1n) is 8.92. The van der Waals surface area contributed by atoms with Gasteiger partial charge in [0.2, 0.25) is 5.91 Å². The third-order valence-corrected chi connectivity index (χ3v) is 6.48. The summed E-state index contributed by atoms with van der Waals surface area (Å²) in [6.45, 7) is 3.98. The van der Waals surface area contributed by atoms with Crippen molar-refractivity contribution in [2.45, 2.75) is 62.9 Å². The molecule has 2 aliphatic rings. The van der Waals surface area contributed by atoms with E-state index < -0.39 is 16.1 Å². The van der Waals surface area contributed by atoms with Crippen molar-refractivity contribution in [3.05, 3.63) is 29.8 Å². The third kappa shape index (κ3) is 3.71. The summed E-state index contributed by atoms with van der Waals surface area (Å²) in [5, 5.41) is 3.09. The first-order valence-corrected chi connectivity index (χ1v) is 10.4. The largest absolute Gasteiger partial charge is 0.352 e. The molecule has 1 heterocycles. The molecule has 0 unspecified atom stereocenters. The molecule has 25 heavy (non-hydrogen) atoms. The van der Waals surface area contributed by atoms with E-state index in [9.17, 15) is 13.2 Å². The van der Waals surface area contributed by atoms with Gasteiger partial charge in [0, 0.05) is 11.6 Å². The molecule has 1 aliphatic heterocycles. The molecule has 2 N–H and O–H groups in total. The summed E-state index contributed by atoms with van der Waals surface area (Å²) < 4.78 is 27.0.